The molecule has 2 heterocycles. The van der Waals surface area contributed by atoms with E-state index in [9.17, 15) is 4.79 Å². The number of nitrogens with one attached hydrogen (secondary N) is 2. The molecular weight excluding hydrogens is 324 g/mol. The first-order chi connectivity index (χ1) is 12.7. The molecule has 2 aromatic carbocycles. The lowest BCUT2D eigenvalue weighted by Crippen LogP contribution is -2.42. The molecule has 3 aromatic rings. The molecule has 4 rings (SSSR count). The highest BCUT2D eigenvalue weighted by atomic mass is 16.1. The molecule has 0 unspecified atom stereocenters. The summed E-state index contributed by atoms with van der Waals surface area (Å²) in [5.74, 6) is 0.297. The highest BCUT2D eigenvalue weighted by Gasteiger charge is 2.24. The molecule has 0 bridgehead atoms. The SMILES string of the molecule is C[C@H]1C[C@@H](C(=O)NCc2ccc(-n3cnc4ccccc43)cc2)CCN1. The van der Waals surface area contributed by atoms with Crippen LogP contribution in [0.15, 0.2) is 54.9 Å². The molecule has 1 fully saturated rings. The van der Waals surface area contributed by atoms with Crippen LogP contribution in [0.5, 0.6) is 0 Å². The smallest absolute Gasteiger partial charge is 0.223 e. The quantitative estimate of drug-likeness (QED) is 0.762. The Bertz CT molecular complexity index is 900. The Morgan fingerprint density at radius 2 is 2.04 bits per heavy atom. The van der Waals surface area contributed by atoms with E-state index in [-0.39, 0.29) is 11.8 Å². The summed E-state index contributed by atoms with van der Waals surface area (Å²) in [6.07, 6.45) is 3.68. The number of rotatable bonds is 4. The van der Waals surface area contributed by atoms with Crippen LogP contribution < -0.4 is 10.6 Å². The fourth-order valence-electron chi connectivity index (χ4n) is 3.64. The Kier molecular flexibility index (Phi) is 4.71. The highest BCUT2D eigenvalue weighted by Crippen LogP contribution is 2.19. The summed E-state index contributed by atoms with van der Waals surface area (Å²) in [7, 11) is 0. The van der Waals surface area contributed by atoms with Crippen LogP contribution in [0.3, 0.4) is 0 Å². The van der Waals surface area contributed by atoms with Crippen molar-refractivity contribution in [3.05, 3.63) is 60.4 Å². The second kappa shape index (κ2) is 7.30. The molecule has 26 heavy (non-hydrogen) atoms. The second-order valence-electron chi connectivity index (χ2n) is 7.06. The number of para-hydroxylation sites is 2. The van der Waals surface area contributed by atoms with E-state index in [0.29, 0.717) is 12.6 Å². The summed E-state index contributed by atoms with van der Waals surface area (Å²) in [6.45, 7) is 3.63. The predicted molar refractivity (Wildman–Crippen MR) is 103 cm³/mol. The predicted octanol–water partition coefficient (Wildman–Crippen LogP) is 3.03. The number of imidazole rings is 1. The van der Waals surface area contributed by atoms with Gasteiger partial charge in [0, 0.05) is 24.2 Å². The van der Waals surface area contributed by atoms with Gasteiger partial charge in [0.25, 0.3) is 0 Å². The van der Waals surface area contributed by atoms with Gasteiger partial charge in [0.05, 0.1) is 11.0 Å². The van der Waals surface area contributed by atoms with Gasteiger partial charge in [-0.05, 0) is 56.1 Å². The number of fused-ring (bicyclic) bond motifs is 1. The summed E-state index contributed by atoms with van der Waals surface area (Å²) in [5, 5.41) is 6.47. The van der Waals surface area contributed by atoms with Crippen LogP contribution in [-0.4, -0.2) is 28.0 Å². The van der Waals surface area contributed by atoms with Gasteiger partial charge in [-0.3, -0.25) is 9.36 Å². The molecule has 0 aliphatic carbocycles. The van der Waals surface area contributed by atoms with Crippen LogP contribution in [-0.2, 0) is 11.3 Å². The molecule has 1 aliphatic heterocycles. The number of benzene rings is 2. The lowest BCUT2D eigenvalue weighted by molar-refractivity contribution is -0.126. The molecule has 0 saturated carbocycles. The Hall–Kier alpha value is -2.66. The molecular formula is C21H24N4O. The standard InChI is InChI=1S/C21H24N4O/c1-15-12-17(10-11-22-15)21(26)23-13-16-6-8-18(9-7-16)25-14-24-19-4-2-3-5-20(19)25/h2-9,14-15,17,22H,10-13H2,1H3,(H,23,26)/t15-,17-/m0/s1. The molecule has 2 N–H and O–H groups in total. The van der Waals surface area contributed by atoms with Gasteiger partial charge in [-0.1, -0.05) is 24.3 Å². The van der Waals surface area contributed by atoms with Gasteiger partial charge in [0.15, 0.2) is 0 Å². The minimum atomic E-state index is 0.128. The lowest BCUT2D eigenvalue weighted by Gasteiger charge is -2.27. The fraction of sp³-hybridized carbons (Fsp3) is 0.333. The third-order valence-corrected chi connectivity index (χ3v) is 5.13. The number of carbonyl (C=O) groups is 1. The Balaban J connectivity index is 1.41. The van der Waals surface area contributed by atoms with Crippen molar-refractivity contribution in [2.75, 3.05) is 6.54 Å². The summed E-state index contributed by atoms with van der Waals surface area (Å²) < 4.78 is 2.08. The number of amides is 1. The Labute approximate surface area is 153 Å². The number of carbonyl (C=O) groups excluding carboxylic acids is 1. The van der Waals surface area contributed by atoms with Crippen LogP contribution in [0.25, 0.3) is 16.7 Å². The maximum absolute atomic E-state index is 12.4. The van der Waals surface area contributed by atoms with E-state index in [1.165, 1.54) is 0 Å². The van der Waals surface area contributed by atoms with Crippen LogP contribution in [0.4, 0.5) is 0 Å². The number of hydrogen-bond donors (Lipinski definition) is 2. The van der Waals surface area contributed by atoms with E-state index >= 15 is 0 Å². The lowest BCUT2D eigenvalue weighted by atomic mass is 9.92. The summed E-state index contributed by atoms with van der Waals surface area (Å²) in [4.78, 5) is 16.8. The maximum atomic E-state index is 12.4. The van der Waals surface area contributed by atoms with Gasteiger partial charge < -0.3 is 10.6 Å². The molecule has 1 aliphatic rings. The summed E-state index contributed by atoms with van der Waals surface area (Å²) >= 11 is 0. The molecule has 5 nitrogen and oxygen atoms in total. The first-order valence-electron chi connectivity index (χ1n) is 9.23. The van der Waals surface area contributed by atoms with Gasteiger partial charge in [0.2, 0.25) is 5.91 Å². The topological polar surface area (TPSA) is 59.0 Å². The molecule has 1 amide bonds. The largest absolute Gasteiger partial charge is 0.352 e. The molecule has 1 saturated heterocycles. The van der Waals surface area contributed by atoms with Crippen molar-refractivity contribution in [3.8, 4) is 5.69 Å². The van der Waals surface area contributed by atoms with Crippen molar-refractivity contribution in [1.82, 2.24) is 20.2 Å². The van der Waals surface area contributed by atoms with E-state index in [4.69, 9.17) is 0 Å². The maximum Gasteiger partial charge on any atom is 0.223 e. The molecule has 2 atom stereocenters. The number of hydrogen-bond acceptors (Lipinski definition) is 3. The summed E-state index contributed by atoms with van der Waals surface area (Å²) in [5.41, 5.74) is 4.25. The zero-order chi connectivity index (χ0) is 17.9. The van der Waals surface area contributed by atoms with Crippen molar-refractivity contribution in [2.24, 2.45) is 5.92 Å². The highest BCUT2D eigenvalue weighted by molar-refractivity contribution is 5.79. The Morgan fingerprint density at radius 3 is 2.85 bits per heavy atom. The van der Waals surface area contributed by atoms with E-state index in [2.05, 4.69) is 57.4 Å². The molecule has 0 radical (unpaired) electrons. The normalized spacial score (nSPS) is 20.2. The van der Waals surface area contributed by atoms with Gasteiger partial charge in [0.1, 0.15) is 6.33 Å². The van der Waals surface area contributed by atoms with Crippen molar-refractivity contribution in [3.63, 3.8) is 0 Å². The van der Waals surface area contributed by atoms with Gasteiger partial charge in [-0.15, -0.1) is 0 Å². The van der Waals surface area contributed by atoms with E-state index in [0.717, 1.165) is 41.7 Å². The zero-order valence-corrected chi connectivity index (χ0v) is 15.0. The summed E-state index contributed by atoms with van der Waals surface area (Å²) in [6, 6.07) is 16.8. The van der Waals surface area contributed by atoms with Gasteiger partial charge in [-0.2, -0.15) is 0 Å². The molecule has 134 valence electrons. The van der Waals surface area contributed by atoms with E-state index in [1.54, 1.807) is 0 Å². The van der Waals surface area contributed by atoms with Crippen LogP contribution in [0.1, 0.15) is 25.3 Å². The van der Waals surface area contributed by atoms with Gasteiger partial charge in [-0.25, -0.2) is 4.98 Å². The second-order valence-corrected chi connectivity index (χ2v) is 7.06. The Morgan fingerprint density at radius 1 is 1.23 bits per heavy atom. The van der Waals surface area contributed by atoms with Crippen molar-refractivity contribution >= 4 is 16.9 Å². The number of nitrogens with zero attached hydrogens (tertiary/aromatic N) is 2. The minimum absolute atomic E-state index is 0.128. The third-order valence-electron chi connectivity index (χ3n) is 5.13. The first kappa shape index (κ1) is 16.8. The van der Waals surface area contributed by atoms with Crippen LogP contribution in [0.2, 0.25) is 0 Å². The third kappa shape index (κ3) is 3.48. The monoisotopic (exact) mass is 348 g/mol. The average molecular weight is 348 g/mol. The van der Waals surface area contributed by atoms with Gasteiger partial charge >= 0.3 is 0 Å². The van der Waals surface area contributed by atoms with Crippen molar-refractivity contribution in [1.29, 1.82) is 0 Å². The van der Waals surface area contributed by atoms with Crippen molar-refractivity contribution in [2.45, 2.75) is 32.4 Å². The first-order valence-corrected chi connectivity index (χ1v) is 9.23. The number of piperidine rings is 1. The molecule has 1 aromatic heterocycles. The fourth-order valence-corrected chi connectivity index (χ4v) is 3.64. The minimum Gasteiger partial charge on any atom is -0.352 e. The average Bonchev–Trinajstić information content (AvgIpc) is 3.11. The van der Waals surface area contributed by atoms with Crippen LogP contribution >= 0.6 is 0 Å². The van der Waals surface area contributed by atoms with E-state index in [1.807, 2.05) is 24.5 Å². The zero-order valence-electron chi connectivity index (χ0n) is 15.0. The molecule has 0 spiro atoms. The van der Waals surface area contributed by atoms with E-state index < -0.39 is 0 Å². The van der Waals surface area contributed by atoms with Crippen LogP contribution in [0, 0.1) is 5.92 Å². The molecule has 5 heteroatoms. The van der Waals surface area contributed by atoms with Crippen molar-refractivity contribution < 1.29 is 4.79 Å². The number of aromatic nitrogens is 2.